The standard InChI is InChI=1S/C12H22F3N/c1-9-10(11(2,3)4)6-5-7-16(9)8-12(13,14)15/h9-10H,5-8H2,1-4H3/t9-,10+/m0/s1. The van der Waals surface area contributed by atoms with Crippen LogP contribution in [0.2, 0.25) is 0 Å². The van der Waals surface area contributed by atoms with E-state index in [4.69, 9.17) is 0 Å². The molecule has 96 valence electrons. The van der Waals surface area contributed by atoms with Gasteiger partial charge in [0.1, 0.15) is 0 Å². The van der Waals surface area contributed by atoms with Crippen LogP contribution < -0.4 is 0 Å². The Morgan fingerprint density at radius 3 is 2.19 bits per heavy atom. The lowest BCUT2D eigenvalue weighted by molar-refractivity contribution is -0.158. The van der Waals surface area contributed by atoms with E-state index in [0.717, 1.165) is 12.8 Å². The Bertz CT molecular complexity index is 229. The highest BCUT2D eigenvalue weighted by Crippen LogP contribution is 2.38. The van der Waals surface area contributed by atoms with Gasteiger partial charge in [0.2, 0.25) is 0 Å². The van der Waals surface area contributed by atoms with Gasteiger partial charge in [-0.2, -0.15) is 13.2 Å². The molecule has 1 saturated heterocycles. The quantitative estimate of drug-likeness (QED) is 0.672. The molecule has 0 aromatic rings. The molecule has 2 atom stereocenters. The van der Waals surface area contributed by atoms with E-state index in [1.807, 2.05) is 6.92 Å². The highest BCUT2D eigenvalue weighted by molar-refractivity contribution is 4.88. The first-order valence-electron chi connectivity index (χ1n) is 5.92. The van der Waals surface area contributed by atoms with Crippen LogP contribution in [0.5, 0.6) is 0 Å². The zero-order valence-corrected chi connectivity index (χ0v) is 10.6. The number of halogens is 3. The highest BCUT2D eigenvalue weighted by Gasteiger charge is 2.40. The minimum atomic E-state index is -4.08. The normalized spacial score (nSPS) is 29.4. The van der Waals surface area contributed by atoms with E-state index >= 15 is 0 Å². The lowest BCUT2D eigenvalue weighted by atomic mass is 9.72. The zero-order chi connectivity index (χ0) is 12.6. The van der Waals surface area contributed by atoms with Crippen molar-refractivity contribution >= 4 is 0 Å². The Labute approximate surface area is 96.0 Å². The van der Waals surface area contributed by atoms with E-state index in [9.17, 15) is 13.2 Å². The van der Waals surface area contributed by atoms with Crippen molar-refractivity contribution in [3.63, 3.8) is 0 Å². The van der Waals surface area contributed by atoms with Crippen LogP contribution in [0.1, 0.15) is 40.5 Å². The van der Waals surface area contributed by atoms with Crippen LogP contribution in [0.15, 0.2) is 0 Å². The van der Waals surface area contributed by atoms with Gasteiger partial charge in [0.05, 0.1) is 6.54 Å². The second-order valence-electron chi connectivity index (χ2n) is 5.94. The van der Waals surface area contributed by atoms with E-state index in [1.54, 1.807) is 4.90 Å². The summed E-state index contributed by atoms with van der Waals surface area (Å²) in [6.45, 7) is 8.09. The van der Waals surface area contributed by atoms with Crippen molar-refractivity contribution in [1.82, 2.24) is 4.90 Å². The van der Waals surface area contributed by atoms with Crippen molar-refractivity contribution in [2.24, 2.45) is 11.3 Å². The lowest BCUT2D eigenvalue weighted by Gasteiger charge is -2.45. The van der Waals surface area contributed by atoms with Crippen molar-refractivity contribution < 1.29 is 13.2 Å². The second kappa shape index (κ2) is 4.55. The third-order valence-electron chi connectivity index (χ3n) is 3.61. The summed E-state index contributed by atoms with van der Waals surface area (Å²) in [5.74, 6) is 0.351. The number of nitrogens with zero attached hydrogens (tertiary/aromatic N) is 1. The maximum absolute atomic E-state index is 12.4. The van der Waals surface area contributed by atoms with Gasteiger partial charge in [-0.1, -0.05) is 20.8 Å². The first-order chi connectivity index (χ1) is 7.11. The first kappa shape index (κ1) is 13.8. The van der Waals surface area contributed by atoms with Crippen LogP contribution in [0.25, 0.3) is 0 Å². The Hall–Kier alpha value is -0.250. The number of rotatable bonds is 1. The summed E-state index contributed by atoms with van der Waals surface area (Å²) >= 11 is 0. The molecule has 0 bridgehead atoms. The molecule has 1 aliphatic heterocycles. The molecular formula is C12H22F3N. The predicted molar refractivity (Wildman–Crippen MR) is 59.3 cm³/mol. The molecule has 1 aliphatic rings. The molecule has 0 spiro atoms. The molecule has 4 heteroatoms. The van der Waals surface area contributed by atoms with Crippen LogP contribution in [0, 0.1) is 11.3 Å². The molecular weight excluding hydrogens is 215 g/mol. The van der Waals surface area contributed by atoms with Gasteiger partial charge >= 0.3 is 6.18 Å². The van der Waals surface area contributed by atoms with Crippen molar-refractivity contribution in [2.45, 2.75) is 52.8 Å². The molecule has 0 N–H and O–H groups in total. The number of piperidine rings is 1. The Balaban J connectivity index is 2.68. The molecule has 16 heavy (non-hydrogen) atoms. The molecule has 0 radical (unpaired) electrons. The van der Waals surface area contributed by atoms with E-state index in [-0.39, 0.29) is 11.5 Å². The molecule has 0 amide bonds. The molecule has 1 fully saturated rings. The summed E-state index contributed by atoms with van der Waals surface area (Å²) in [6.07, 6.45) is -2.16. The fourth-order valence-electron chi connectivity index (χ4n) is 2.82. The molecule has 0 saturated carbocycles. The summed E-state index contributed by atoms with van der Waals surface area (Å²) in [5, 5.41) is 0. The van der Waals surface area contributed by atoms with Crippen LogP contribution in [-0.4, -0.2) is 30.2 Å². The van der Waals surface area contributed by atoms with E-state index in [1.165, 1.54) is 0 Å². The fourth-order valence-corrected chi connectivity index (χ4v) is 2.82. The zero-order valence-electron chi connectivity index (χ0n) is 10.6. The summed E-state index contributed by atoms with van der Waals surface area (Å²) < 4.78 is 37.2. The average molecular weight is 237 g/mol. The first-order valence-corrected chi connectivity index (χ1v) is 5.92. The molecule has 0 aromatic carbocycles. The smallest absolute Gasteiger partial charge is 0.292 e. The Morgan fingerprint density at radius 1 is 1.19 bits per heavy atom. The van der Waals surface area contributed by atoms with Gasteiger partial charge < -0.3 is 0 Å². The van der Waals surface area contributed by atoms with Crippen LogP contribution in [-0.2, 0) is 0 Å². The van der Waals surface area contributed by atoms with Gasteiger partial charge in [-0.05, 0) is 37.6 Å². The lowest BCUT2D eigenvalue weighted by Crippen LogP contribution is -2.50. The minimum absolute atomic E-state index is 0.0235. The molecule has 0 unspecified atom stereocenters. The SMILES string of the molecule is C[C@H]1[C@H](C(C)(C)C)CCCN1CC(F)(F)F. The summed E-state index contributed by atoms with van der Waals surface area (Å²) in [4.78, 5) is 1.58. The maximum Gasteiger partial charge on any atom is 0.401 e. The van der Waals surface area contributed by atoms with Crippen LogP contribution >= 0.6 is 0 Å². The number of alkyl halides is 3. The van der Waals surface area contributed by atoms with E-state index in [2.05, 4.69) is 20.8 Å². The second-order valence-corrected chi connectivity index (χ2v) is 5.94. The van der Waals surface area contributed by atoms with Gasteiger partial charge in [-0.25, -0.2) is 0 Å². The number of hydrogen-bond acceptors (Lipinski definition) is 1. The third kappa shape index (κ3) is 3.65. The fraction of sp³-hybridized carbons (Fsp3) is 1.00. The van der Waals surface area contributed by atoms with Gasteiger partial charge in [0.25, 0.3) is 0 Å². The van der Waals surface area contributed by atoms with E-state index < -0.39 is 12.7 Å². The van der Waals surface area contributed by atoms with Gasteiger partial charge in [0, 0.05) is 6.04 Å². The monoisotopic (exact) mass is 237 g/mol. The van der Waals surface area contributed by atoms with Gasteiger partial charge in [0.15, 0.2) is 0 Å². The molecule has 1 nitrogen and oxygen atoms in total. The van der Waals surface area contributed by atoms with E-state index in [0.29, 0.717) is 12.5 Å². The highest BCUT2D eigenvalue weighted by atomic mass is 19.4. The van der Waals surface area contributed by atoms with Crippen LogP contribution in [0.3, 0.4) is 0 Å². The molecule has 1 rings (SSSR count). The average Bonchev–Trinajstić information content (AvgIpc) is 2.04. The Kier molecular flexibility index (Phi) is 3.93. The molecule has 1 heterocycles. The Morgan fingerprint density at radius 2 is 1.75 bits per heavy atom. The maximum atomic E-state index is 12.4. The number of hydrogen-bond donors (Lipinski definition) is 0. The summed E-state index contributed by atoms with van der Waals surface area (Å²) in [5.41, 5.74) is 0.0870. The summed E-state index contributed by atoms with van der Waals surface area (Å²) in [6, 6.07) is 0.0235. The molecule has 0 aromatic heterocycles. The van der Waals surface area contributed by atoms with Crippen molar-refractivity contribution in [1.29, 1.82) is 0 Å². The topological polar surface area (TPSA) is 3.24 Å². The third-order valence-corrected chi connectivity index (χ3v) is 3.61. The predicted octanol–water partition coefficient (Wildman–Crippen LogP) is 3.70. The van der Waals surface area contributed by atoms with Crippen molar-refractivity contribution in [2.75, 3.05) is 13.1 Å². The summed E-state index contributed by atoms with van der Waals surface area (Å²) in [7, 11) is 0. The largest absolute Gasteiger partial charge is 0.401 e. The van der Waals surface area contributed by atoms with Crippen LogP contribution in [0.4, 0.5) is 13.2 Å². The minimum Gasteiger partial charge on any atom is -0.292 e. The molecule has 0 aliphatic carbocycles. The van der Waals surface area contributed by atoms with Crippen molar-refractivity contribution in [3.8, 4) is 0 Å². The number of likely N-dealkylation sites (tertiary alicyclic amines) is 1. The van der Waals surface area contributed by atoms with Gasteiger partial charge in [-0.15, -0.1) is 0 Å². The van der Waals surface area contributed by atoms with Gasteiger partial charge in [-0.3, -0.25) is 4.90 Å². The van der Waals surface area contributed by atoms with Crippen molar-refractivity contribution in [3.05, 3.63) is 0 Å².